The predicted molar refractivity (Wildman–Crippen MR) is 66.2 cm³/mol. The second-order valence-corrected chi connectivity index (χ2v) is 4.35. The van der Waals surface area contributed by atoms with Crippen LogP contribution in [0.15, 0.2) is 24.3 Å². The van der Waals surface area contributed by atoms with Crippen LogP contribution in [0.25, 0.3) is 0 Å². The Balaban J connectivity index is 2.57. The maximum atomic E-state index is 11.9. The van der Waals surface area contributed by atoms with E-state index in [1.807, 2.05) is 11.9 Å². The number of rotatable bonds is 5. The predicted octanol–water partition coefficient (Wildman–Crippen LogP) is 2.30. The fraction of sp³-hybridized carbons (Fsp3) is 0.364. The maximum Gasteiger partial charge on any atom is 0.573 e. The van der Waals surface area contributed by atoms with E-state index in [1.165, 1.54) is 12.1 Å². The van der Waals surface area contributed by atoms with E-state index < -0.39 is 6.36 Å². The molecule has 1 aromatic rings. The Morgan fingerprint density at radius 1 is 1.33 bits per heavy atom. The van der Waals surface area contributed by atoms with Crippen molar-refractivity contribution >= 4 is 17.2 Å². The summed E-state index contributed by atoms with van der Waals surface area (Å²) in [5.41, 5.74) is 6.24. The second kappa shape index (κ2) is 6.01. The second-order valence-electron chi connectivity index (χ2n) is 3.83. The molecule has 0 unspecified atom stereocenters. The van der Waals surface area contributed by atoms with Crippen molar-refractivity contribution in [3.63, 3.8) is 0 Å². The molecule has 0 spiro atoms. The number of benzene rings is 1. The lowest BCUT2D eigenvalue weighted by molar-refractivity contribution is -0.274. The van der Waals surface area contributed by atoms with Gasteiger partial charge in [0, 0.05) is 13.1 Å². The summed E-state index contributed by atoms with van der Waals surface area (Å²) in [6.07, 6.45) is -4.66. The lowest BCUT2D eigenvalue weighted by Crippen LogP contribution is -2.28. The molecule has 0 amide bonds. The SMILES string of the molecule is CN(CC(N)=S)Cc1ccc(OC(F)(F)F)cc1. The lowest BCUT2D eigenvalue weighted by atomic mass is 10.2. The Morgan fingerprint density at radius 2 is 1.89 bits per heavy atom. The minimum Gasteiger partial charge on any atom is -0.406 e. The third-order valence-electron chi connectivity index (χ3n) is 2.04. The molecule has 0 bridgehead atoms. The molecule has 1 rings (SSSR count). The zero-order valence-electron chi connectivity index (χ0n) is 9.70. The van der Waals surface area contributed by atoms with Gasteiger partial charge in [0.1, 0.15) is 5.75 Å². The number of thiocarbonyl (C=S) groups is 1. The van der Waals surface area contributed by atoms with Crippen molar-refractivity contribution in [2.75, 3.05) is 13.6 Å². The fourth-order valence-corrected chi connectivity index (χ4v) is 1.65. The summed E-state index contributed by atoms with van der Waals surface area (Å²) < 4.78 is 39.6. The third-order valence-corrected chi connectivity index (χ3v) is 2.16. The molecule has 0 aliphatic rings. The smallest absolute Gasteiger partial charge is 0.406 e. The average Bonchev–Trinajstić information content (AvgIpc) is 2.17. The van der Waals surface area contributed by atoms with E-state index in [1.54, 1.807) is 12.1 Å². The summed E-state index contributed by atoms with van der Waals surface area (Å²) in [6.45, 7) is 1.000. The van der Waals surface area contributed by atoms with Gasteiger partial charge < -0.3 is 10.5 Å². The van der Waals surface area contributed by atoms with Crippen molar-refractivity contribution in [2.45, 2.75) is 12.9 Å². The first kappa shape index (κ1) is 14.7. The summed E-state index contributed by atoms with van der Waals surface area (Å²) >= 11 is 4.76. The van der Waals surface area contributed by atoms with Gasteiger partial charge in [0.25, 0.3) is 0 Å². The highest BCUT2D eigenvalue weighted by molar-refractivity contribution is 7.80. The van der Waals surface area contributed by atoms with E-state index in [4.69, 9.17) is 18.0 Å². The van der Waals surface area contributed by atoms with Crippen molar-refractivity contribution in [1.82, 2.24) is 4.90 Å². The monoisotopic (exact) mass is 278 g/mol. The van der Waals surface area contributed by atoms with Gasteiger partial charge in [0.15, 0.2) is 0 Å². The number of ether oxygens (including phenoxy) is 1. The van der Waals surface area contributed by atoms with Crippen LogP contribution >= 0.6 is 12.2 Å². The summed E-state index contributed by atoms with van der Waals surface area (Å²) in [5.74, 6) is -0.233. The number of hydrogen-bond donors (Lipinski definition) is 1. The van der Waals surface area contributed by atoms with Gasteiger partial charge in [-0.15, -0.1) is 13.2 Å². The molecule has 0 saturated carbocycles. The van der Waals surface area contributed by atoms with E-state index in [0.717, 1.165) is 5.56 Å². The molecule has 1 aromatic carbocycles. The van der Waals surface area contributed by atoms with E-state index in [9.17, 15) is 13.2 Å². The first-order chi connectivity index (χ1) is 8.26. The van der Waals surface area contributed by atoms with Crippen LogP contribution in [-0.4, -0.2) is 29.8 Å². The zero-order chi connectivity index (χ0) is 13.8. The van der Waals surface area contributed by atoms with Gasteiger partial charge in [0.05, 0.1) is 4.99 Å². The molecule has 0 radical (unpaired) electrons. The average molecular weight is 278 g/mol. The van der Waals surface area contributed by atoms with Gasteiger partial charge >= 0.3 is 6.36 Å². The van der Waals surface area contributed by atoms with Gasteiger partial charge in [-0.05, 0) is 24.7 Å². The lowest BCUT2D eigenvalue weighted by Gasteiger charge is -2.16. The molecule has 7 heteroatoms. The van der Waals surface area contributed by atoms with Crippen LogP contribution in [0, 0.1) is 0 Å². The van der Waals surface area contributed by atoms with Gasteiger partial charge in [-0.1, -0.05) is 24.4 Å². The van der Waals surface area contributed by atoms with Crippen molar-refractivity contribution < 1.29 is 17.9 Å². The summed E-state index contributed by atoms with van der Waals surface area (Å²) in [6, 6.07) is 5.68. The highest BCUT2D eigenvalue weighted by Gasteiger charge is 2.30. The highest BCUT2D eigenvalue weighted by Crippen LogP contribution is 2.22. The summed E-state index contributed by atoms with van der Waals surface area (Å²) in [7, 11) is 1.82. The number of nitrogens with zero attached hydrogens (tertiary/aromatic N) is 1. The van der Waals surface area contributed by atoms with Gasteiger partial charge in [-0.25, -0.2) is 0 Å². The Bertz CT molecular complexity index is 406. The van der Waals surface area contributed by atoms with Crippen molar-refractivity contribution in [2.24, 2.45) is 5.73 Å². The van der Waals surface area contributed by atoms with Crippen LogP contribution < -0.4 is 10.5 Å². The Kier molecular flexibility index (Phi) is 4.92. The number of hydrogen-bond acceptors (Lipinski definition) is 3. The normalized spacial score (nSPS) is 11.6. The molecular formula is C11H13F3N2OS. The molecular weight excluding hydrogens is 265 g/mol. The molecule has 0 aliphatic heterocycles. The van der Waals surface area contributed by atoms with Gasteiger partial charge in [-0.3, -0.25) is 4.90 Å². The van der Waals surface area contributed by atoms with Crippen LogP contribution in [0.1, 0.15) is 5.56 Å². The number of nitrogens with two attached hydrogens (primary N) is 1. The Labute approximate surface area is 108 Å². The Hall–Kier alpha value is -1.34. The van der Waals surface area contributed by atoms with Crippen LogP contribution in [-0.2, 0) is 6.54 Å². The quantitative estimate of drug-likeness (QED) is 0.839. The summed E-state index contributed by atoms with van der Waals surface area (Å²) in [4.78, 5) is 2.23. The molecule has 0 fully saturated rings. The first-order valence-corrected chi connectivity index (χ1v) is 5.48. The molecule has 0 aromatic heterocycles. The van der Waals surface area contributed by atoms with Crippen LogP contribution in [0.4, 0.5) is 13.2 Å². The molecule has 2 N–H and O–H groups in total. The summed E-state index contributed by atoms with van der Waals surface area (Å²) in [5, 5.41) is 0. The van der Waals surface area contributed by atoms with E-state index in [0.29, 0.717) is 18.1 Å². The van der Waals surface area contributed by atoms with E-state index in [-0.39, 0.29) is 5.75 Å². The topological polar surface area (TPSA) is 38.5 Å². The van der Waals surface area contributed by atoms with E-state index >= 15 is 0 Å². The minimum atomic E-state index is -4.66. The van der Waals surface area contributed by atoms with Crippen molar-refractivity contribution in [3.8, 4) is 5.75 Å². The van der Waals surface area contributed by atoms with Gasteiger partial charge in [0.2, 0.25) is 0 Å². The molecule has 0 atom stereocenters. The highest BCUT2D eigenvalue weighted by atomic mass is 32.1. The number of likely N-dealkylation sites (N-methyl/N-ethyl adjacent to an activating group) is 1. The van der Waals surface area contributed by atoms with Gasteiger partial charge in [-0.2, -0.15) is 0 Å². The largest absolute Gasteiger partial charge is 0.573 e. The molecule has 0 heterocycles. The maximum absolute atomic E-state index is 11.9. The minimum absolute atomic E-state index is 0.233. The zero-order valence-corrected chi connectivity index (χ0v) is 10.5. The van der Waals surface area contributed by atoms with Crippen molar-refractivity contribution in [3.05, 3.63) is 29.8 Å². The van der Waals surface area contributed by atoms with Crippen LogP contribution in [0.2, 0.25) is 0 Å². The van der Waals surface area contributed by atoms with Crippen molar-refractivity contribution in [1.29, 1.82) is 0 Å². The Morgan fingerprint density at radius 3 is 2.33 bits per heavy atom. The molecule has 100 valence electrons. The molecule has 0 aliphatic carbocycles. The van der Waals surface area contributed by atoms with Crippen LogP contribution in [0.5, 0.6) is 5.75 Å². The third kappa shape index (κ3) is 5.83. The van der Waals surface area contributed by atoms with E-state index in [2.05, 4.69) is 4.74 Å². The molecule has 3 nitrogen and oxygen atoms in total. The number of halogens is 3. The molecule has 18 heavy (non-hydrogen) atoms. The fourth-order valence-electron chi connectivity index (χ4n) is 1.43. The first-order valence-electron chi connectivity index (χ1n) is 5.08. The van der Waals surface area contributed by atoms with Crippen LogP contribution in [0.3, 0.4) is 0 Å². The standard InChI is InChI=1S/C11H13F3N2OS/c1-16(7-10(15)18)6-8-2-4-9(5-3-8)17-11(12,13)14/h2-5H,6-7H2,1H3,(H2,15,18). The number of alkyl halides is 3. The molecule has 0 saturated heterocycles.